The molecule has 0 saturated heterocycles. The van der Waals surface area contributed by atoms with E-state index in [1.807, 2.05) is 6.92 Å². The number of halogens is 4. The van der Waals surface area contributed by atoms with E-state index in [2.05, 4.69) is 15.9 Å². The van der Waals surface area contributed by atoms with Crippen LogP contribution in [0, 0.1) is 0 Å². The Bertz CT molecular complexity index is 427. The fraction of sp³-hybridized carbons (Fsp3) is 0.462. The Kier molecular flexibility index (Phi) is 5.40. The number of hydrogen-bond donors (Lipinski definition) is 1. The van der Waals surface area contributed by atoms with Crippen LogP contribution in [0.5, 0.6) is 0 Å². The molecule has 1 aromatic carbocycles. The van der Waals surface area contributed by atoms with Gasteiger partial charge in [0.25, 0.3) is 0 Å². The zero-order valence-corrected chi connectivity index (χ0v) is 11.8. The summed E-state index contributed by atoms with van der Waals surface area (Å²) in [4.78, 5) is 11.2. The molecular formula is C13H14BrF3O2. The Morgan fingerprint density at radius 1 is 1.26 bits per heavy atom. The summed E-state index contributed by atoms with van der Waals surface area (Å²) in [5, 5.41) is 9.03. The number of rotatable bonds is 5. The van der Waals surface area contributed by atoms with E-state index in [1.54, 1.807) is 24.3 Å². The van der Waals surface area contributed by atoms with Gasteiger partial charge in [0.1, 0.15) is 0 Å². The maximum Gasteiger partial charge on any atom is 0.389 e. The van der Waals surface area contributed by atoms with Gasteiger partial charge in [-0.15, -0.1) is 0 Å². The zero-order chi connectivity index (χ0) is 14.6. The minimum atomic E-state index is -4.34. The van der Waals surface area contributed by atoms with Gasteiger partial charge in [-0.05, 0) is 24.5 Å². The van der Waals surface area contributed by atoms with Crippen molar-refractivity contribution in [2.45, 2.75) is 36.7 Å². The summed E-state index contributed by atoms with van der Waals surface area (Å²) in [5.41, 5.74) is 1.34. The third-order valence-electron chi connectivity index (χ3n) is 2.81. The molecule has 1 rings (SSSR count). The van der Waals surface area contributed by atoms with Crippen LogP contribution in [0.3, 0.4) is 0 Å². The lowest BCUT2D eigenvalue weighted by molar-refractivity contribution is -0.145. The number of alkyl halides is 4. The van der Waals surface area contributed by atoms with E-state index in [0.29, 0.717) is 5.56 Å². The predicted octanol–water partition coefficient (Wildman–Crippen LogP) is 4.65. The molecule has 0 radical (unpaired) electrons. The highest BCUT2D eigenvalue weighted by atomic mass is 79.9. The number of carbonyl (C=O) groups is 1. The van der Waals surface area contributed by atoms with Gasteiger partial charge in [-0.1, -0.05) is 40.2 Å². The second-order valence-electron chi connectivity index (χ2n) is 4.33. The Morgan fingerprint density at radius 2 is 1.74 bits per heavy atom. The summed E-state index contributed by atoms with van der Waals surface area (Å²) in [7, 11) is 0. The third kappa shape index (κ3) is 5.22. The van der Waals surface area contributed by atoms with Gasteiger partial charge < -0.3 is 5.11 Å². The van der Waals surface area contributed by atoms with Crippen LogP contribution in [0.2, 0.25) is 0 Å². The average molecular weight is 339 g/mol. The van der Waals surface area contributed by atoms with Crippen LogP contribution in [-0.2, 0) is 4.79 Å². The molecule has 0 saturated carbocycles. The van der Waals surface area contributed by atoms with Crippen LogP contribution in [-0.4, -0.2) is 17.3 Å². The van der Waals surface area contributed by atoms with E-state index in [4.69, 9.17) is 5.11 Å². The maximum atomic E-state index is 12.2. The topological polar surface area (TPSA) is 37.3 Å². The van der Waals surface area contributed by atoms with E-state index in [0.717, 1.165) is 5.56 Å². The van der Waals surface area contributed by atoms with Crippen LogP contribution >= 0.6 is 15.9 Å². The molecule has 0 fully saturated rings. The van der Waals surface area contributed by atoms with Crippen molar-refractivity contribution in [1.82, 2.24) is 0 Å². The van der Waals surface area contributed by atoms with Crippen molar-refractivity contribution in [2.75, 3.05) is 0 Å². The second-order valence-corrected chi connectivity index (χ2v) is 5.70. The molecule has 2 nitrogen and oxygen atoms in total. The lowest BCUT2D eigenvalue weighted by Gasteiger charge is -2.15. The van der Waals surface area contributed by atoms with Crippen LogP contribution in [0.25, 0.3) is 0 Å². The molecular weight excluding hydrogens is 325 g/mol. The normalized spacial score (nSPS) is 15.0. The standard InChI is InChI=1S/C13H14BrF3O2/c1-8(14)9-2-4-10(5-3-9)11(12(18)19)6-7-13(15,16)17/h2-5,8,11H,6-7H2,1H3,(H,18,19). The smallest absolute Gasteiger partial charge is 0.389 e. The number of carboxylic acid groups (broad SMARTS) is 1. The summed E-state index contributed by atoms with van der Waals surface area (Å²) in [6.45, 7) is 1.91. The average Bonchev–Trinajstić information content (AvgIpc) is 2.27. The number of carboxylic acids is 1. The first-order valence-electron chi connectivity index (χ1n) is 5.74. The summed E-state index contributed by atoms with van der Waals surface area (Å²) in [6, 6.07) is 6.58. The van der Waals surface area contributed by atoms with Gasteiger partial charge in [-0.2, -0.15) is 13.2 Å². The number of hydrogen-bond acceptors (Lipinski definition) is 1. The van der Waals surface area contributed by atoms with Gasteiger partial charge in [-0.25, -0.2) is 0 Å². The molecule has 0 aromatic heterocycles. The third-order valence-corrected chi connectivity index (χ3v) is 3.34. The van der Waals surface area contributed by atoms with Crippen LogP contribution < -0.4 is 0 Å². The van der Waals surface area contributed by atoms with Crippen molar-refractivity contribution in [3.63, 3.8) is 0 Å². The van der Waals surface area contributed by atoms with Crippen molar-refractivity contribution in [2.24, 2.45) is 0 Å². The highest BCUT2D eigenvalue weighted by Gasteiger charge is 2.31. The van der Waals surface area contributed by atoms with Crippen LogP contribution in [0.4, 0.5) is 13.2 Å². The molecule has 2 atom stereocenters. The van der Waals surface area contributed by atoms with Gasteiger partial charge in [0.2, 0.25) is 0 Å². The second kappa shape index (κ2) is 6.41. The van der Waals surface area contributed by atoms with Crippen molar-refractivity contribution in [3.8, 4) is 0 Å². The molecule has 0 aliphatic heterocycles. The lowest BCUT2D eigenvalue weighted by Crippen LogP contribution is -2.16. The van der Waals surface area contributed by atoms with Gasteiger partial charge in [0, 0.05) is 11.2 Å². The summed E-state index contributed by atoms with van der Waals surface area (Å²) >= 11 is 3.36. The molecule has 0 aliphatic carbocycles. The van der Waals surface area contributed by atoms with Gasteiger partial charge in [0.05, 0.1) is 5.92 Å². The van der Waals surface area contributed by atoms with Crippen LogP contribution in [0.15, 0.2) is 24.3 Å². The maximum absolute atomic E-state index is 12.2. The minimum absolute atomic E-state index is 0.111. The highest BCUT2D eigenvalue weighted by Crippen LogP contribution is 2.30. The monoisotopic (exact) mass is 338 g/mol. The van der Waals surface area contributed by atoms with Crippen molar-refractivity contribution >= 4 is 21.9 Å². The molecule has 1 aromatic rings. The van der Waals surface area contributed by atoms with Crippen molar-refractivity contribution in [1.29, 1.82) is 0 Å². The molecule has 0 aliphatic rings. The first-order chi connectivity index (χ1) is 8.70. The SMILES string of the molecule is CC(Br)c1ccc(C(CCC(F)(F)F)C(=O)O)cc1. The molecule has 0 heterocycles. The van der Waals surface area contributed by atoms with Gasteiger partial charge >= 0.3 is 12.1 Å². The predicted molar refractivity (Wildman–Crippen MR) is 69.4 cm³/mol. The summed E-state index contributed by atoms with van der Waals surface area (Å²) < 4.78 is 36.5. The molecule has 0 amide bonds. The van der Waals surface area contributed by atoms with Crippen molar-refractivity contribution in [3.05, 3.63) is 35.4 Å². The number of benzene rings is 1. The Balaban J connectivity index is 2.84. The molecule has 19 heavy (non-hydrogen) atoms. The van der Waals surface area contributed by atoms with E-state index in [1.165, 1.54) is 0 Å². The van der Waals surface area contributed by atoms with E-state index < -0.39 is 30.9 Å². The Morgan fingerprint density at radius 3 is 2.11 bits per heavy atom. The van der Waals surface area contributed by atoms with E-state index in [9.17, 15) is 18.0 Å². The highest BCUT2D eigenvalue weighted by molar-refractivity contribution is 9.09. The minimum Gasteiger partial charge on any atom is -0.481 e. The van der Waals surface area contributed by atoms with Crippen LogP contribution in [0.1, 0.15) is 41.6 Å². The molecule has 106 valence electrons. The first kappa shape index (κ1) is 16.0. The molecule has 6 heteroatoms. The van der Waals surface area contributed by atoms with E-state index >= 15 is 0 Å². The summed E-state index contributed by atoms with van der Waals surface area (Å²) in [6.07, 6.45) is -5.87. The molecule has 2 unspecified atom stereocenters. The Labute approximate surface area is 117 Å². The van der Waals surface area contributed by atoms with E-state index in [-0.39, 0.29) is 4.83 Å². The quantitative estimate of drug-likeness (QED) is 0.793. The fourth-order valence-corrected chi connectivity index (χ4v) is 2.04. The molecule has 1 N–H and O–H groups in total. The van der Waals surface area contributed by atoms with Crippen molar-refractivity contribution < 1.29 is 23.1 Å². The largest absolute Gasteiger partial charge is 0.481 e. The first-order valence-corrected chi connectivity index (χ1v) is 6.66. The fourth-order valence-electron chi connectivity index (χ4n) is 1.73. The number of aliphatic carboxylic acids is 1. The zero-order valence-electron chi connectivity index (χ0n) is 10.2. The molecule has 0 bridgehead atoms. The summed E-state index contributed by atoms with van der Waals surface area (Å²) in [5.74, 6) is -2.36. The van der Waals surface area contributed by atoms with Gasteiger partial charge in [-0.3, -0.25) is 4.79 Å². The molecule has 0 spiro atoms. The van der Waals surface area contributed by atoms with Gasteiger partial charge in [0.15, 0.2) is 0 Å². The Hall–Kier alpha value is -1.04. The lowest BCUT2D eigenvalue weighted by atomic mass is 9.93.